The highest BCUT2D eigenvalue weighted by atomic mass is 35.5. The molecule has 7 nitrogen and oxygen atoms in total. The number of amides is 1. The first-order valence-electron chi connectivity index (χ1n) is 4.99. The van der Waals surface area contributed by atoms with E-state index in [-0.39, 0.29) is 10.1 Å². The fraction of sp³-hybridized carbons (Fsp3) is 0.444. The summed E-state index contributed by atoms with van der Waals surface area (Å²) in [6, 6.07) is 0. The lowest BCUT2D eigenvalue weighted by molar-refractivity contribution is -0.126. The smallest absolute Gasteiger partial charge is 0.438 e. The number of amidine groups is 1. The van der Waals surface area contributed by atoms with Crippen LogP contribution in [0.4, 0.5) is 4.79 Å². The first-order chi connectivity index (χ1) is 8.56. The van der Waals surface area contributed by atoms with Crippen molar-refractivity contribution in [3.63, 3.8) is 0 Å². The Morgan fingerprint density at radius 3 is 2.83 bits per heavy atom. The van der Waals surface area contributed by atoms with Crippen molar-refractivity contribution < 1.29 is 19.1 Å². The maximum absolute atomic E-state index is 11.9. The molecule has 0 fully saturated rings. The van der Waals surface area contributed by atoms with Gasteiger partial charge in [-0.25, -0.2) is 4.79 Å². The van der Waals surface area contributed by atoms with Crippen LogP contribution in [0.15, 0.2) is 15.2 Å². The van der Waals surface area contributed by atoms with Gasteiger partial charge in [-0.05, 0) is 0 Å². The SMILES string of the molecule is COC(=O)OC1C(Cl)=C(Cl)C(=O)N1C1=NNCC1. The maximum atomic E-state index is 11.9. The van der Waals surface area contributed by atoms with E-state index < -0.39 is 18.3 Å². The molecule has 0 spiro atoms. The van der Waals surface area contributed by atoms with Crippen molar-refractivity contribution in [3.05, 3.63) is 10.1 Å². The molecule has 0 saturated heterocycles. The molecule has 1 amide bonds. The number of nitrogens with zero attached hydrogens (tertiary/aromatic N) is 2. The number of hydrazone groups is 1. The Morgan fingerprint density at radius 2 is 2.28 bits per heavy atom. The number of methoxy groups -OCH3 is 1. The third-order valence-electron chi connectivity index (χ3n) is 2.39. The van der Waals surface area contributed by atoms with Crippen molar-refractivity contribution in [2.75, 3.05) is 13.7 Å². The fourth-order valence-electron chi connectivity index (χ4n) is 1.58. The summed E-state index contributed by atoms with van der Waals surface area (Å²) in [5.74, 6) is -0.152. The molecule has 18 heavy (non-hydrogen) atoms. The van der Waals surface area contributed by atoms with Crippen LogP contribution in [-0.2, 0) is 14.3 Å². The van der Waals surface area contributed by atoms with E-state index in [0.29, 0.717) is 18.8 Å². The molecule has 0 aromatic rings. The normalized spacial score (nSPS) is 23.1. The Bertz CT molecular complexity index is 463. The first kappa shape index (κ1) is 13.0. The highest BCUT2D eigenvalue weighted by Crippen LogP contribution is 2.33. The average molecular weight is 294 g/mol. The summed E-state index contributed by atoms with van der Waals surface area (Å²) in [6.07, 6.45) is -1.59. The summed E-state index contributed by atoms with van der Waals surface area (Å²) in [5.41, 5.74) is 2.70. The van der Waals surface area contributed by atoms with Crippen molar-refractivity contribution in [2.24, 2.45) is 5.10 Å². The summed E-state index contributed by atoms with van der Waals surface area (Å²) in [4.78, 5) is 24.1. The topological polar surface area (TPSA) is 80.2 Å². The number of carbonyl (C=O) groups is 2. The van der Waals surface area contributed by atoms with Crippen LogP contribution in [0.2, 0.25) is 0 Å². The van der Waals surface area contributed by atoms with Gasteiger partial charge in [0.25, 0.3) is 5.91 Å². The van der Waals surface area contributed by atoms with Crippen LogP contribution in [0.3, 0.4) is 0 Å². The monoisotopic (exact) mass is 293 g/mol. The number of ether oxygens (including phenoxy) is 2. The molecule has 2 rings (SSSR count). The zero-order chi connectivity index (χ0) is 13.3. The van der Waals surface area contributed by atoms with Crippen LogP contribution in [0.25, 0.3) is 0 Å². The van der Waals surface area contributed by atoms with E-state index in [0.717, 1.165) is 12.0 Å². The third kappa shape index (κ3) is 2.11. The van der Waals surface area contributed by atoms with Gasteiger partial charge in [0.2, 0.25) is 6.23 Å². The van der Waals surface area contributed by atoms with Crippen LogP contribution in [-0.4, -0.2) is 42.7 Å². The van der Waals surface area contributed by atoms with E-state index in [2.05, 4.69) is 15.3 Å². The molecule has 2 aliphatic rings. The molecule has 0 aliphatic carbocycles. The Kier molecular flexibility index (Phi) is 3.63. The summed E-state index contributed by atoms with van der Waals surface area (Å²) in [7, 11) is 1.15. The predicted octanol–water partition coefficient (Wildman–Crippen LogP) is 0.934. The molecule has 2 aliphatic heterocycles. The van der Waals surface area contributed by atoms with E-state index in [1.165, 1.54) is 0 Å². The Balaban J connectivity index is 2.26. The number of halogens is 2. The van der Waals surface area contributed by atoms with E-state index in [1.807, 2.05) is 0 Å². The number of carbonyl (C=O) groups excluding carboxylic acids is 2. The van der Waals surface area contributed by atoms with Gasteiger partial charge < -0.3 is 14.9 Å². The summed E-state index contributed by atoms with van der Waals surface area (Å²) in [5, 5.41) is 3.65. The molecular weight excluding hydrogens is 285 g/mol. The first-order valence-corrected chi connectivity index (χ1v) is 5.74. The number of hydrogen-bond donors (Lipinski definition) is 1. The summed E-state index contributed by atoms with van der Waals surface area (Å²) >= 11 is 11.6. The van der Waals surface area contributed by atoms with Gasteiger partial charge >= 0.3 is 6.16 Å². The molecule has 1 unspecified atom stereocenters. The number of rotatable bonds is 1. The van der Waals surface area contributed by atoms with Gasteiger partial charge in [-0.3, -0.25) is 9.69 Å². The molecule has 1 N–H and O–H groups in total. The predicted molar refractivity (Wildman–Crippen MR) is 62.9 cm³/mol. The molecular formula is C9H9Cl2N3O4. The molecule has 0 aromatic carbocycles. The van der Waals surface area contributed by atoms with Crippen molar-refractivity contribution in [3.8, 4) is 0 Å². The molecule has 0 saturated carbocycles. The van der Waals surface area contributed by atoms with Crippen LogP contribution in [0, 0.1) is 0 Å². The second-order valence-corrected chi connectivity index (χ2v) is 4.23. The van der Waals surface area contributed by atoms with Gasteiger partial charge in [0, 0.05) is 13.0 Å². The van der Waals surface area contributed by atoms with Crippen LogP contribution < -0.4 is 5.43 Å². The van der Waals surface area contributed by atoms with Gasteiger partial charge in [0.05, 0.1) is 7.11 Å². The minimum atomic E-state index is -1.13. The lowest BCUT2D eigenvalue weighted by atomic mass is 10.3. The molecule has 2 heterocycles. The average Bonchev–Trinajstić information content (AvgIpc) is 2.94. The van der Waals surface area contributed by atoms with Crippen LogP contribution in [0.1, 0.15) is 6.42 Å². The highest BCUT2D eigenvalue weighted by molar-refractivity contribution is 6.50. The molecule has 0 bridgehead atoms. The van der Waals surface area contributed by atoms with Gasteiger partial charge in [0.15, 0.2) is 0 Å². The van der Waals surface area contributed by atoms with Crippen molar-refractivity contribution in [1.82, 2.24) is 10.3 Å². The Morgan fingerprint density at radius 1 is 1.56 bits per heavy atom. The minimum Gasteiger partial charge on any atom is -0.438 e. The lowest BCUT2D eigenvalue weighted by Crippen LogP contribution is -2.42. The Hall–Kier alpha value is -1.47. The molecule has 98 valence electrons. The maximum Gasteiger partial charge on any atom is 0.510 e. The molecule has 9 heteroatoms. The highest BCUT2D eigenvalue weighted by Gasteiger charge is 2.44. The Labute approximate surface area is 112 Å². The lowest BCUT2D eigenvalue weighted by Gasteiger charge is -2.23. The zero-order valence-corrected chi connectivity index (χ0v) is 10.8. The minimum absolute atomic E-state index is 0.0679. The van der Waals surface area contributed by atoms with E-state index in [9.17, 15) is 9.59 Å². The van der Waals surface area contributed by atoms with E-state index >= 15 is 0 Å². The molecule has 1 atom stereocenters. The third-order valence-corrected chi connectivity index (χ3v) is 3.23. The van der Waals surface area contributed by atoms with Crippen LogP contribution in [0.5, 0.6) is 0 Å². The van der Waals surface area contributed by atoms with E-state index in [1.54, 1.807) is 0 Å². The largest absolute Gasteiger partial charge is 0.510 e. The van der Waals surface area contributed by atoms with Crippen molar-refractivity contribution in [1.29, 1.82) is 0 Å². The molecule has 0 radical (unpaired) electrons. The zero-order valence-electron chi connectivity index (χ0n) is 9.27. The van der Waals surface area contributed by atoms with Gasteiger partial charge in [-0.1, -0.05) is 23.2 Å². The van der Waals surface area contributed by atoms with Gasteiger partial charge in [-0.2, -0.15) is 5.10 Å². The standard InChI is InChI=1S/C9H9Cl2N3O4/c1-17-9(16)18-8-6(11)5(10)7(15)14(8)4-2-3-12-13-4/h8,12H,2-3H2,1H3. The second-order valence-electron chi connectivity index (χ2n) is 3.45. The van der Waals surface area contributed by atoms with Gasteiger partial charge in [-0.15, -0.1) is 0 Å². The summed E-state index contributed by atoms with van der Waals surface area (Å²) in [6.45, 7) is 0.583. The van der Waals surface area contributed by atoms with Crippen molar-refractivity contribution in [2.45, 2.75) is 12.6 Å². The fourth-order valence-corrected chi connectivity index (χ4v) is 1.98. The quantitative estimate of drug-likeness (QED) is 0.728. The van der Waals surface area contributed by atoms with E-state index in [4.69, 9.17) is 27.9 Å². The van der Waals surface area contributed by atoms with Gasteiger partial charge in [0.1, 0.15) is 15.9 Å². The number of hydrogen-bond acceptors (Lipinski definition) is 6. The summed E-state index contributed by atoms with van der Waals surface area (Å²) < 4.78 is 9.26. The second kappa shape index (κ2) is 5.03. The molecule has 0 aromatic heterocycles. The van der Waals surface area contributed by atoms with Crippen LogP contribution >= 0.6 is 23.2 Å². The number of nitrogens with one attached hydrogen (secondary N) is 1. The van der Waals surface area contributed by atoms with Crippen molar-refractivity contribution >= 4 is 41.1 Å².